The average Bonchev–Trinajstić information content (AvgIpc) is 2.67. The number of aromatic nitrogens is 2. The van der Waals surface area contributed by atoms with E-state index in [9.17, 15) is 14.7 Å². The number of carbonyl (C=O) groups is 1. The van der Waals surface area contributed by atoms with Gasteiger partial charge in [-0.15, -0.1) is 0 Å². The summed E-state index contributed by atoms with van der Waals surface area (Å²) in [6.07, 6.45) is 0. The quantitative estimate of drug-likeness (QED) is 0.725. The van der Waals surface area contributed by atoms with E-state index in [1.165, 1.54) is 0 Å². The van der Waals surface area contributed by atoms with Crippen LogP contribution in [0.25, 0.3) is 10.9 Å². The highest BCUT2D eigenvalue weighted by molar-refractivity contribution is 5.97. The standard InChI is InChI=1S/C20H20N4O3/c1-13-21-16-12-14(6-7-15(16)19(26)22-13)20(27)24-10-8-23(9-11-24)17-4-2-3-5-18(17)25/h2-7,12,25H,8-11H2,1H3,(H,21,22,26). The number of benzene rings is 2. The number of amides is 1. The fourth-order valence-corrected chi connectivity index (χ4v) is 3.45. The van der Waals surface area contributed by atoms with Crippen molar-refractivity contribution in [2.75, 3.05) is 31.1 Å². The summed E-state index contributed by atoms with van der Waals surface area (Å²) in [5, 5.41) is 10.5. The van der Waals surface area contributed by atoms with Crippen LogP contribution in [0.1, 0.15) is 16.2 Å². The van der Waals surface area contributed by atoms with Gasteiger partial charge in [0, 0.05) is 31.7 Å². The summed E-state index contributed by atoms with van der Waals surface area (Å²) in [5.74, 6) is 0.695. The number of aromatic hydroxyl groups is 1. The van der Waals surface area contributed by atoms with E-state index in [4.69, 9.17) is 0 Å². The van der Waals surface area contributed by atoms with Crippen LogP contribution in [-0.4, -0.2) is 52.1 Å². The summed E-state index contributed by atoms with van der Waals surface area (Å²) in [6, 6.07) is 12.2. The van der Waals surface area contributed by atoms with Gasteiger partial charge in [-0.1, -0.05) is 12.1 Å². The molecule has 1 fully saturated rings. The van der Waals surface area contributed by atoms with Gasteiger partial charge in [0.05, 0.1) is 16.6 Å². The Kier molecular flexibility index (Phi) is 4.27. The monoisotopic (exact) mass is 364 g/mol. The van der Waals surface area contributed by atoms with E-state index in [2.05, 4.69) is 14.9 Å². The molecule has 1 aliphatic rings. The second kappa shape index (κ2) is 6.75. The Morgan fingerprint density at radius 3 is 2.59 bits per heavy atom. The van der Waals surface area contributed by atoms with Crippen LogP contribution in [0.2, 0.25) is 0 Å². The van der Waals surface area contributed by atoms with E-state index < -0.39 is 0 Å². The van der Waals surface area contributed by atoms with Crippen LogP contribution in [0, 0.1) is 6.92 Å². The normalized spacial score (nSPS) is 14.6. The first-order valence-electron chi connectivity index (χ1n) is 8.86. The zero-order valence-corrected chi connectivity index (χ0v) is 15.0. The third-order valence-corrected chi connectivity index (χ3v) is 4.86. The van der Waals surface area contributed by atoms with Gasteiger partial charge in [0.2, 0.25) is 0 Å². The molecule has 0 unspecified atom stereocenters. The van der Waals surface area contributed by atoms with Crippen LogP contribution >= 0.6 is 0 Å². The second-order valence-corrected chi connectivity index (χ2v) is 6.65. The predicted molar refractivity (Wildman–Crippen MR) is 103 cm³/mol. The molecule has 2 heterocycles. The first-order chi connectivity index (χ1) is 13.0. The van der Waals surface area contributed by atoms with Crippen LogP contribution in [0.3, 0.4) is 0 Å². The van der Waals surface area contributed by atoms with Gasteiger partial charge in [-0.3, -0.25) is 9.59 Å². The average molecular weight is 364 g/mol. The lowest BCUT2D eigenvalue weighted by Crippen LogP contribution is -2.48. The van der Waals surface area contributed by atoms with Gasteiger partial charge >= 0.3 is 0 Å². The molecule has 0 aliphatic carbocycles. The number of rotatable bonds is 2. The Morgan fingerprint density at radius 2 is 1.85 bits per heavy atom. The number of H-pyrrole nitrogens is 1. The van der Waals surface area contributed by atoms with Crippen molar-refractivity contribution in [3.05, 3.63) is 64.2 Å². The van der Waals surface area contributed by atoms with Gasteiger partial charge in [0.15, 0.2) is 0 Å². The van der Waals surface area contributed by atoms with E-state index in [1.54, 1.807) is 42.2 Å². The van der Waals surface area contributed by atoms with Crippen molar-refractivity contribution in [3.8, 4) is 5.75 Å². The predicted octanol–water partition coefficient (Wildman–Crippen LogP) is 1.90. The van der Waals surface area contributed by atoms with Gasteiger partial charge in [0.25, 0.3) is 11.5 Å². The molecule has 27 heavy (non-hydrogen) atoms. The first kappa shape index (κ1) is 17.1. The molecular formula is C20H20N4O3. The highest BCUT2D eigenvalue weighted by atomic mass is 16.3. The van der Waals surface area contributed by atoms with Crippen molar-refractivity contribution in [3.63, 3.8) is 0 Å². The molecule has 1 aliphatic heterocycles. The number of phenols is 1. The first-order valence-corrected chi connectivity index (χ1v) is 8.86. The molecule has 1 amide bonds. The van der Waals surface area contributed by atoms with Crippen LogP contribution in [0.15, 0.2) is 47.3 Å². The Labute approximate surface area is 155 Å². The number of para-hydroxylation sites is 2. The molecule has 0 bridgehead atoms. The topological polar surface area (TPSA) is 89.5 Å². The van der Waals surface area contributed by atoms with Crippen LogP contribution in [0.5, 0.6) is 5.75 Å². The minimum Gasteiger partial charge on any atom is -0.506 e. The lowest BCUT2D eigenvalue weighted by Gasteiger charge is -2.36. The number of fused-ring (bicyclic) bond motifs is 1. The summed E-state index contributed by atoms with van der Waals surface area (Å²) in [5.41, 5.74) is 1.63. The molecule has 0 radical (unpaired) electrons. The molecule has 7 nitrogen and oxygen atoms in total. The number of phenolic OH excluding ortho intramolecular Hbond substituents is 1. The summed E-state index contributed by atoms with van der Waals surface area (Å²) in [4.78, 5) is 35.7. The lowest BCUT2D eigenvalue weighted by atomic mass is 10.1. The Bertz CT molecular complexity index is 1070. The van der Waals surface area contributed by atoms with Crippen LogP contribution in [-0.2, 0) is 0 Å². The van der Waals surface area contributed by atoms with Gasteiger partial charge in [-0.25, -0.2) is 4.98 Å². The van der Waals surface area contributed by atoms with Crippen molar-refractivity contribution in [2.24, 2.45) is 0 Å². The van der Waals surface area contributed by atoms with Gasteiger partial charge in [-0.05, 0) is 37.3 Å². The number of hydrogen-bond acceptors (Lipinski definition) is 5. The third-order valence-electron chi connectivity index (χ3n) is 4.86. The van der Waals surface area contributed by atoms with Gasteiger partial charge in [-0.2, -0.15) is 0 Å². The molecule has 138 valence electrons. The minimum absolute atomic E-state index is 0.0754. The number of nitrogens with zero attached hydrogens (tertiary/aromatic N) is 3. The van der Waals surface area contributed by atoms with Gasteiger partial charge < -0.3 is 19.9 Å². The fraction of sp³-hybridized carbons (Fsp3) is 0.250. The molecule has 0 atom stereocenters. The SMILES string of the molecule is Cc1nc2cc(C(=O)N3CCN(c4ccccc4O)CC3)ccc2c(=O)[nH]1. The molecule has 0 spiro atoms. The van der Waals surface area contributed by atoms with Crippen molar-refractivity contribution >= 4 is 22.5 Å². The number of hydrogen-bond donors (Lipinski definition) is 2. The van der Waals surface area contributed by atoms with Gasteiger partial charge in [0.1, 0.15) is 11.6 Å². The van der Waals surface area contributed by atoms with Crippen molar-refractivity contribution in [1.82, 2.24) is 14.9 Å². The number of carbonyl (C=O) groups excluding carboxylic acids is 1. The fourth-order valence-electron chi connectivity index (χ4n) is 3.45. The summed E-state index contributed by atoms with van der Waals surface area (Å²) >= 11 is 0. The molecule has 3 aromatic rings. The number of aromatic amines is 1. The Hall–Kier alpha value is -3.35. The molecule has 4 rings (SSSR count). The van der Waals surface area contributed by atoms with E-state index in [0.29, 0.717) is 48.5 Å². The van der Waals surface area contributed by atoms with E-state index in [1.807, 2.05) is 12.1 Å². The summed E-state index contributed by atoms with van der Waals surface area (Å²) in [7, 11) is 0. The number of aryl methyl sites for hydroxylation is 1. The zero-order chi connectivity index (χ0) is 19.0. The maximum absolute atomic E-state index is 12.9. The minimum atomic E-state index is -0.201. The van der Waals surface area contributed by atoms with Crippen molar-refractivity contribution < 1.29 is 9.90 Å². The number of anilines is 1. The highest BCUT2D eigenvalue weighted by Gasteiger charge is 2.23. The van der Waals surface area contributed by atoms with Crippen molar-refractivity contribution in [1.29, 1.82) is 0 Å². The maximum atomic E-state index is 12.9. The molecule has 7 heteroatoms. The number of piperazine rings is 1. The third kappa shape index (κ3) is 3.23. The number of nitrogens with one attached hydrogen (secondary N) is 1. The van der Waals surface area contributed by atoms with Crippen LogP contribution in [0.4, 0.5) is 5.69 Å². The highest BCUT2D eigenvalue weighted by Crippen LogP contribution is 2.27. The largest absolute Gasteiger partial charge is 0.506 e. The van der Waals surface area contributed by atoms with Crippen molar-refractivity contribution in [2.45, 2.75) is 6.92 Å². The molecule has 1 saturated heterocycles. The molecule has 1 aromatic heterocycles. The summed E-state index contributed by atoms with van der Waals surface area (Å²) in [6.45, 7) is 4.13. The zero-order valence-electron chi connectivity index (χ0n) is 15.0. The molecule has 0 saturated carbocycles. The Balaban J connectivity index is 1.52. The lowest BCUT2D eigenvalue weighted by molar-refractivity contribution is 0.0747. The van der Waals surface area contributed by atoms with E-state index in [-0.39, 0.29) is 17.2 Å². The molecular weight excluding hydrogens is 344 g/mol. The molecule has 2 N–H and O–H groups in total. The maximum Gasteiger partial charge on any atom is 0.258 e. The van der Waals surface area contributed by atoms with E-state index >= 15 is 0 Å². The van der Waals surface area contributed by atoms with Crippen LogP contribution < -0.4 is 10.5 Å². The van der Waals surface area contributed by atoms with E-state index in [0.717, 1.165) is 5.69 Å². The summed E-state index contributed by atoms with van der Waals surface area (Å²) < 4.78 is 0. The second-order valence-electron chi connectivity index (χ2n) is 6.65. The Morgan fingerprint density at radius 1 is 1.11 bits per heavy atom. The smallest absolute Gasteiger partial charge is 0.258 e. The molecule has 2 aromatic carbocycles.